The fourth-order valence-electron chi connectivity index (χ4n) is 2.43. The maximum absolute atomic E-state index is 12.1. The first-order valence-electron chi connectivity index (χ1n) is 8.59. The lowest BCUT2D eigenvalue weighted by Crippen LogP contribution is -2.19. The number of rotatable bonds is 6. The van der Waals surface area contributed by atoms with Crippen LogP contribution in [0.5, 0.6) is 5.75 Å². The van der Waals surface area contributed by atoms with Crippen LogP contribution in [0.2, 0.25) is 10.0 Å². The summed E-state index contributed by atoms with van der Waals surface area (Å²) < 4.78 is 5.77. The Morgan fingerprint density at radius 2 is 1.64 bits per heavy atom. The Hall–Kier alpha value is -2.82. The molecule has 0 radical (unpaired) electrons. The van der Waals surface area contributed by atoms with Crippen LogP contribution in [0, 0.1) is 0 Å². The molecule has 0 atom stereocenters. The highest BCUT2D eigenvalue weighted by Gasteiger charge is 2.06. The molecule has 0 unspecified atom stereocenters. The molecule has 0 saturated carbocycles. The van der Waals surface area contributed by atoms with E-state index in [1.54, 1.807) is 24.3 Å². The standard InChI is InChI=1S/C22H18Cl2N2O2/c1-15(25-26-22(27)18-3-2-4-20(24)13-18)17-7-11-21(12-8-17)28-14-16-5-9-19(23)10-6-16/h2-13H,14H2,1H3,(H,26,27)/b25-15-. The second kappa shape index (κ2) is 9.40. The van der Waals surface area contributed by atoms with Gasteiger partial charge in [0.05, 0.1) is 5.71 Å². The molecule has 1 amide bonds. The third kappa shape index (κ3) is 5.59. The van der Waals surface area contributed by atoms with Crippen LogP contribution in [0.25, 0.3) is 0 Å². The number of hydrogen-bond donors (Lipinski definition) is 1. The Kier molecular flexibility index (Phi) is 6.69. The molecule has 0 bridgehead atoms. The molecule has 0 spiro atoms. The first-order valence-corrected chi connectivity index (χ1v) is 9.35. The Bertz CT molecular complexity index is 984. The van der Waals surface area contributed by atoms with E-state index in [-0.39, 0.29) is 5.91 Å². The highest BCUT2D eigenvalue weighted by molar-refractivity contribution is 6.31. The molecular weight excluding hydrogens is 395 g/mol. The van der Waals surface area contributed by atoms with Gasteiger partial charge in [0.15, 0.2) is 0 Å². The van der Waals surface area contributed by atoms with E-state index >= 15 is 0 Å². The zero-order chi connectivity index (χ0) is 19.9. The van der Waals surface area contributed by atoms with Gasteiger partial charge in [-0.15, -0.1) is 0 Å². The number of benzene rings is 3. The molecule has 0 aromatic heterocycles. The van der Waals surface area contributed by atoms with Crippen molar-refractivity contribution in [3.05, 3.63) is 99.5 Å². The van der Waals surface area contributed by atoms with Crippen molar-refractivity contribution in [1.82, 2.24) is 5.43 Å². The van der Waals surface area contributed by atoms with Crippen molar-refractivity contribution in [1.29, 1.82) is 0 Å². The number of carbonyl (C=O) groups excluding carboxylic acids is 1. The lowest BCUT2D eigenvalue weighted by atomic mass is 10.1. The van der Waals surface area contributed by atoms with Crippen molar-refractivity contribution in [2.45, 2.75) is 13.5 Å². The molecule has 0 aliphatic rings. The fourth-order valence-corrected chi connectivity index (χ4v) is 2.75. The number of hydrogen-bond acceptors (Lipinski definition) is 3. The van der Waals surface area contributed by atoms with Crippen molar-refractivity contribution >= 4 is 34.8 Å². The van der Waals surface area contributed by atoms with Gasteiger partial charge in [0, 0.05) is 15.6 Å². The van der Waals surface area contributed by atoms with Crippen LogP contribution in [0.4, 0.5) is 0 Å². The molecule has 28 heavy (non-hydrogen) atoms. The summed E-state index contributed by atoms with van der Waals surface area (Å²) in [7, 11) is 0. The molecule has 3 rings (SSSR count). The van der Waals surface area contributed by atoms with E-state index in [4.69, 9.17) is 27.9 Å². The summed E-state index contributed by atoms with van der Waals surface area (Å²) in [5.41, 5.74) is 5.59. The van der Waals surface area contributed by atoms with Gasteiger partial charge in [0.1, 0.15) is 12.4 Å². The van der Waals surface area contributed by atoms with Crippen LogP contribution in [-0.2, 0) is 6.61 Å². The predicted molar refractivity (Wildman–Crippen MR) is 113 cm³/mol. The predicted octanol–water partition coefficient (Wildman–Crippen LogP) is 5.73. The first kappa shape index (κ1) is 19.9. The van der Waals surface area contributed by atoms with Gasteiger partial charge in [-0.25, -0.2) is 5.43 Å². The minimum atomic E-state index is -0.315. The number of nitrogens with one attached hydrogen (secondary N) is 1. The van der Waals surface area contributed by atoms with Crippen LogP contribution in [0.15, 0.2) is 77.9 Å². The normalized spacial score (nSPS) is 11.2. The molecule has 1 N–H and O–H groups in total. The molecule has 142 valence electrons. The lowest BCUT2D eigenvalue weighted by molar-refractivity contribution is 0.0955. The van der Waals surface area contributed by atoms with Crippen molar-refractivity contribution in [3.63, 3.8) is 0 Å². The Morgan fingerprint density at radius 3 is 2.32 bits per heavy atom. The summed E-state index contributed by atoms with van der Waals surface area (Å²) in [5, 5.41) is 5.35. The monoisotopic (exact) mass is 412 g/mol. The molecule has 0 heterocycles. The van der Waals surface area contributed by atoms with Crippen molar-refractivity contribution in [2.75, 3.05) is 0 Å². The minimum Gasteiger partial charge on any atom is -0.489 e. The summed E-state index contributed by atoms with van der Waals surface area (Å²) in [6, 6.07) is 21.7. The Balaban J connectivity index is 1.58. The third-order valence-corrected chi connectivity index (χ3v) is 4.49. The summed E-state index contributed by atoms with van der Waals surface area (Å²) in [5.74, 6) is 0.430. The van der Waals surface area contributed by atoms with Gasteiger partial charge in [-0.2, -0.15) is 5.10 Å². The van der Waals surface area contributed by atoms with E-state index in [0.29, 0.717) is 27.9 Å². The molecule has 6 heteroatoms. The third-order valence-electron chi connectivity index (χ3n) is 4.00. The van der Waals surface area contributed by atoms with Crippen LogP contribution in [0.1, 0.15) is 28.4 Å². The molecule has 3 aromatic carbocycles. The van der Waals surface area contributed by atoms with Crippen molar-refractivity contribution in [2.24, 2.45) is 5.10 Å². The van der Waals surface area contributed by atoms with Gasteiger partial charge in [0.2, 0.25) is 0 Å². The number of amides is 1. The SMILES string of the molecule is C/C(=N/NC(=O)c1cccc(Cl)c1)c1ccc(OCc2ccc(Cl)cc2)cc1. The highest BCUT2D eigenvalue weighted by Crippen LogP contribution is 2.16. The molecule has 0 fully saturated rings. The number of hydrazone groups is 1. The topological polar surface area (TPSA) is 50.7 Å². The average Bonchev–Trinajstić information content (AvgIpc) is 2.71. The van der Waals surface area contributed by atoms with Gasteiger partial charge in [-0.05, 0) is 72.6 Å². The largest absolute Gasteiger partial charge is 0.489 e. The van der Waals surface area contributed by atoms with Crippen molar-refractivity contribution < 1.29 is 9.53 Å². The maximum Gasteiger partial charge on any atom is 0.271 e. The molecule has 0 aliphatic heterocycles. The molecule has 3 aromatic rings. The smallest absolute Gasteiger partial charge is 0.271 e. The van der Waals surface area contributed by atoms with E-state index in [0.717, 1.165) is 16.9 Å². The zero-order valence-electron chi connectivity index (χ0n) is 15.2. The van der Waals surface area contributed by atoms with Crippen molar-refractivity contribution in [3.8, 4) is 5.75 Å². The number of carbonyl (C=O) groups is 1. The van der Waals surface area contributed by atoms with E-state index in [9.17, 15) is 4.79 Å². The van der Waals surface area contributed by atoms with Gasteiger partial charge < -0.3 is 4.74 Å². The molecule has 0 aliphatic carbocycles. The maximum atomic E-state index is 12.1. The Labute approximate surface area is 173 Å². The van der Waals surface area contributed by atoms with Crippen LogP contribution < -0.4 is 10.2 Å². The average molecular weight is 413 g/mol. The van der Waals surface area contributed by atoms with Crippen LogP contribution in [0.3, 0.4) is 0 Å². The highest BCUT2D eigenvalue weighted by atomic mass is 35.5. The second-order valence-corrected chi connectivity index (χ2v) is 6.96. The molecule has 0 saturated heterocycles. The molecular formula is C22H18Cl2N2O2. The van der Waals surface area contributed by atoms with Gasteiger partial charge >= 0.3 is 0 Å². The lowest BCUT2D eigenvalue weighted by Gasteiger charge is -2.08. The number of nitrogens with zero attached hydrogens (tertiary/aromatic N) is 1. The van der Waals surface area contributed by atoms with E-state index in [1.165, 1.54) is 0 Å². The quantitative estimate of drug-likeness (QED) is 0.415. The first-order chi connectivity index (χ1) is 13.5. The van der Waals surface area contributed by atoms with Gasteiger partial charge in [0.25, 0.3) is 5.91 Å². The fraction of sp³-hybridized carbons (Fsp3) is 0.0909. The summed E-state index contributed by atoms with van der Waals surface area (Å²) >= 11 is 11.8. The van der Waals surface area contributed by atoms with Gasteiger partial charge in [-0.3, -0.25) is 4.79 Å². The van der Waals surface area contributed by atoms with Crippen LogP contribution in [-0.4, -0.2) is 11.6 Å². The summed E-state index contributed by atoms with van der Waals surface area (Å²) in [4.78, 5) is 12.1. The van der Waals surface area contributed by atoms with E-state index in [1.807, 2.05) is 55.5 Å². The van der Waals surface area contributed by atoms with E-state index in [2.05, 4.69) is 10.5 Å². The summed E-state index contributed by atoms with van der Waals surface area (Å²) in [6.07, 6.45) is 0. The van der Waals surface area contributed by atoms with E-state index < -0.39 is 0 Å². The van der Waals surface area contributed by atoms with Crippen LogP contribution >= 0.6 is 23.2 Å². The second-order valence-electron chi connectivity index (χ2n) is 6.09. The van der Waals surface area contributed by atoms with Gasteiger partial charge in [-0.1, -0.05) is 41.4 Å². The Morgan fingerprint density at radius 1 is 0.929 bits per heavy atom. The minimum absolute atomic E-state index is 0.315. The summed E-state index contributed by atoms with van der Waals surface area (Å²) in [6.45, 7) is 2.28. The number of ether oxygens (including phenoxy) is 1. The zero-order valence-corrected chi connectivity index (χ0v) is 16.7. The molecule has 4 nitrogen and oxygen atoms in total. The number of halogens is 2.